The normalized spacial score (nSPS) is 19.0. The fourth-order valence-corrected chi connectivity index (χ4v) is 6.88. The molecule has 49 heavy (non-hydrogen) atoms. The first kappa shape index (κ1) is 32.5. The molecule has 7 rings (SSSR count). The Kier molecular flexibility index (Phi) is 9.17. The topological polar surface area (TPSA) is 152 Å². The summed E-state index contributed by atoms with van der Waals surface area (Å²) in [6.07, 6.45) is 3.67. The first-order valence-corrected chi connectivity index (χ1v) is 16.7. The summed E-state index contributed by atoms with van der Waals surface area (Å²) in [7, 11) is 0. The average Bonchev–Trinajstić information content (AvgIpc) is 3.71. The number of benzene rings is 3. The molecule has 3 aliphatic heterocycles. The zero-order chi connectivity index (χ0) is 34.1. The smallest absolute Gasteiger partial charge is 0.255 e. The van der Waals surface area contributed by atoms with Crippen LogP contribution < -0.4 is 20.7 Å². The van der Waals surface area contributed by atoms with E-state index in [4.69, 9.17) is 21.1 Å². The van der Waals surface area contributed by atoms with Crippen molar-refractivity contribution in [3.8, 4) is 5.75 Å². The highest BCUT2D eigenvalue weighted by molar-refractivity contribution is 8.02. The Hall–Kier alpha value is -5.05. The van der Waals surface area contributed by atoms with Crippen molar-refractivity contribution in [1.29, 1.82) is 0 Å². The number of carbonyl (C=O) groups excluding carboxylic acids is 4. The third kappa shape index (κ3) is 6.93. The summed E-state index contributed by atoms with van der Waals surface area (Å²) in [5.41, 5.74) is 2.66. The number of carbonyl (C=O) groups is 4. The van der Waals surface area contributed by atoms with Gasteiger partial charge in [0.2, 0.25) is 17.7 Å². The van der Waals surface area contributed by atoms with Crippen molar-refractivity contribution in [2.75, 3.05) is 23.8 Å². The van der Waals surface area contributed by atoms with Crippen LogP contribution in [0.1, 0.15) is 35.2 Å². The van der Waals surface area contributed by atoms with Gasteiger partial charge >= 0.3 is 0 Å². The number of rotatable bonds is 9. The van der Waals surface area contributed by atoms with Gasteiger partial charge in [0.05, 0.1) is 29.4 Å². The van der Waals surface area contributed by atoms with Crippen LogP contribution in [-0.4, -0.2) is 63.9 Å². The van der Waals surface area contributed by atoms with Crippen LogP contribution in [0.2, 0.25) is 5.02 Å². The van der Waals surface area contributed by atoms with Crippen LogP contribution in [0.5, 0.6) is 5.75 Å². The second-order valence-corrected chi connectivity index (χ2v) is 12.9. The largest absolute Gasteiger partial charge is 0.486 e. The number of amides is 4. The van der Waals surface area contributed by atoms with Crippen molar-refractivity contribution in [3.63, 3.8) is 0 Å². The van der Waals surface area contributed by atoms with Gasteiger partial charge < -0.3 is 25.0 Å². The number of fused-ring (bicyclic) bond motifs is 2. The van der Waals surface area contributed by atoms with E-state index in [1.807, 2.05) is 6.07 Å². The number of ether oxygens (including phenoxy) is 2. The van der Waals surface area contributed by atoms with Crippen molar-refractivity contribution in [1.82, 2.24) is 20.2 Å². The number of imide groups is 1. The lowest BCUT2D eigenvalue weighted by Crippen LogP contribution is -2.52. The molecule has 2 fully saturated rings. The van der Waals surface area contributed by atoms with Gasteiger partial charge in [-0.1, -0.05) is 29.4 Å². The minimum Gasteiger partial charge on any atom is -0.486 e. The van der Waals surface area contributed by atoms with Crippen LogP contribution >= 0.6 is 23.4 Å². The highest BCUT2D eigenvalue weighted by Crippen LogP contribution is 2.37. The third-order valence-corrected chi connectivity index (χ3v) is 9.51. The summed E-state index contributed by atoms with van der Waals surface area (Å²) < 4.78 is 25.4. The summed E-state index contributed by atoms with van der Waals surface area (Å²) in [5.74, 6) is -1.28. The maximum Gasteiger partial charge on any atom is 0.255 e. The van der Waals surface area contributed by atoms with Gasteiger partial charge in [0, 0.05) is 53.1 Å². The number of aromatic nitrogens is 2. The standard InChI is InChI=1S/C34H28ClFN6O6S/c35-23-12-18(4-5-24(23)36)39-32-21-13-26(28(14-25(21)37-17-38-32)48-19-8-10-47-16-19)40-31(44)9-11-49-29-3-1-2-20-22(29)15-42(34(20)46)27-6-7-30(43)41-33(27)45/h1-5,9,11-14,17,19,27H,6-8,10,15-16H2,(H,40,44)(H,37,38,39)(H,41,43,45)/t19-,27?/m0/s1. The number of nitrogens with zero attached hydrogens (tertiary/aromatic N) is 3. The van der Waals surface area contributed by atoms with E-state index in [1.165, 1.54) is 47.3 Å². The molecule has 0 aliphatic carbocycles. The van der Waals surface area contributed by atoms with Crippen molar-refractivity contribution in [2.45, 2.75) is 42.8 Å². The molecule has 15 heteroatoms. The minimum atomic E-state index is -0.722. The van der Waals surface area contributed by atoms with Gasteiger partial charge in [-0.05, 0) is 53.8 Å². The average molecular weight is 703 g/mol. The van der Waals surface area contributed by atoms with Crippen molar-refractivity contribution < 1.29 is 33.0 Å². The van der Waals surface area contributed by atoms with E-state index in [-0.39, 0.29) is 42.3 Å². The molecule has 2 saturated heterocycles. The summed E-state index contributed by atoms with van der Waals surface area (Å²) in [6.45, 7) is 1.19. The molecule has 250 valence electrons. The number of hydrogen-bond acceptors (Lipinski definition) is 10. The molecule has 3 N–H and O–H groups in total. The number of anilines is 3. The molecule has 1 unspecified atom stereocenters. The predicted molar refractivity (Wildman–Crippen MR) is 180 cm³/mol. The predicted octanol–water partition coefficient (Wildman–Crippen LogP) is 5.34. The Labute approximate surface area is 288 Å². The maximum absolute atomic E-state index is 13.8. The zero-order valence-corrected chi connectivity index (χ0v) is 27.3. The molecule has 12 nitrogen and oxygen atoms in total. The highest BCUT2D eigenvalue weighted by Gasteiger charge is 2.39. The highest BCUT2D eigenvalue weighted by atomic mass is 35.5. The molecular weight excluding hydrogens is 675 g/mol. The lowest BCUT2D eigenvalue weighted by atomic mass is 10.0. The lowest BCUT2D eigenvalue weighted by molar-refractivity contribution is -0.137. The van der Waals surface area contributed by atoms with Gasteiger partial charge in [-0.25, -0.2) is 14.4 Å². The summed E-state index contributed by atoms with van der Waals surface area (Å²) in [6, 6.07) is 12.2. The van der Waals surface area contributed by atoms with E-state index in [0.29, 0.717) is 59.0 Å². The third-order valence-electron chi connectivity index (χ3n) is 8.31. The molecule has 0 bridgehead atoms. The van der Waals surface area contributed by atoms with E-state index in [2.05, 4.69) is 25.9 Å². The van der Waals surface area contributed by atoms with E-state index in [1.54, 1.807) is 29.7 Å². The Morgan fingerprint density at radius 3 is 2.82 bits per heavy atom. The molecule has 2 atom stereocenters. The summed E-state index contributed by atoms with van der Waals surface area (Å²) >= 11 is 7.24. The Bertz CT molecular complexity index is 2040. The van der Waals surface area contributed by atoms with Crippen LogP contribution in [0.4, 0.5) is 21.6 Å². The van der Waals surface area contributed by atoms with E-state index >= 15 is 0 Å². The first-order chi connectivity index (χ1) is 23.7. The van der Waals surface area contributed by atoms with Crippen molar-refractivity contribution >= 4 is 75.1 Å². The van der Waals surface area contributed by atoms with Gasteiger partial charge in [0.1, 0.15) is 35.9 Å². The van der Waals surface area contributed by atoms with Crippen LogP contribution in [0.15, 0.2) is 71.2 Å². The second kappa shape index (κ2) is 13.8. The number of hydrogen-bond donors (Lipinski definition) is 3. The molecule has 0 radical (unpaired) electrons. The monoisotopic (exact) mass is 702 g/mol. The van der Waals surface area contributed by atoms with Crippen LogP contribution in [0.3, 0.4) is 0 Å². The van der Waals surface area contributed by atoms with E-state index < -0.39 is 23.7 Å². The molecule has 0 saturated carbocycles. The molecule has 3 aromatic carbocycles. The van der Waals surface area contributed by atoms with Gasteiger partial charge in [-0.2, -0.15) is 0 Å². The fourth-order valence-electron chi connectivity index (χ4n) is 5.89. The van der Waals surface area contributed by atoms with Crippen molar-refractivity contribution in [2.24, 2.45) is 0 Å². The minimum absolute atomic E-state index is 0.0471. The molecule has 0 spiro atoms. The van der Waals surface area contributed by atoms with Crippen LogP contribution in [0, 0.1) is 5.82 Å². The number of piperidine rings is 1. The second-order valence-electron chi connectivity index (χ2n) is 11.5. The first-order valence-electron chi connectivity index (χ1n) is 15.4. The maximum atomic E-state index is 13.8. The Morgan fingerprint density at radius 2 is 2.02 bits per heavy atom. The number of nitrogens with one attached hydrogen (secondary N) is 3. The Morgan fingerprint density at radius 1 is 1.14 bits per heavy atom. The van der Waals surface area contributed by atoms with Gasteiger partial charge in [-0.3, -0.25) is 24.5 Å². The van der Waals surface area contributed by atoms with Crippen LogP contribution in [-0.2, 0) is 25.7 Å². The quantitative estimate of drug-likeness (QED) is 0.118. The fraction of sp³-hybridized carbons (Fsp3) is 0.235. The number of halogens is 2. The molecule has 1 aromatic heterocycles. The van der Waals surface area contributed by atoms with Gasteiger partial charge in [0.25, 0.3) is 5.91 Å². The summed E-state index contributed by atoms with van der Waals surface area (Å²) in [5, 5.41) is 10.5. The SMILES string of the molecule is O=C(C=CSc1cccc2c1CN(C1CCC(=O)NC1=O)C2=O)Nc1cc2c(Nc3ccc(F)c(Cl)c3)ncnc2cc1O[C@H]1CCOC1. The van der Waals surface area contributed by atoms with Crippen molar-refractivity contribution in [3.05, 3.63) is 88.3 Å². The lowest BCUT2D eigenvalue weighted by Gasteiger charge is -2.29. The molecule has 4 amide bonds. The molecular formula is C34H28ClFN6O6S. The van der Waals surface area contributed by atoms with Crippen LogP contribution in [0.25, 0.3) is 10.9 Å². The molecule has 3 aliphatic rings. The summed E-state index contributed by atoms with van der Waals surface area (Å²) in [4.78, 5) is 61.5. The zero-order valence-electron chi connectivity index (χ0n) is 25.7. The van der Waals surface area contributed by atoms with Gasteiger partial charge in [-0.15, -0.1) is 0 Å². The molecule has 4 aromatic rings. The van der Waals surface area contributed by atoms with E-state index in [9.17, 15) is 23.6 Å². The molecule has 4 heterocycles. The van der Waals surface area contributed by atoms with Gasteiger partial charge in [0.15, 0.2) is 0 Å². The van der Waals surface area contributed by atoms with E-state index in [0.717, 1.165) is 10.5 Å². The Balaban J connectivity index is 1.10. The number of thioether (sulfide) groups is 1.